The number of ether oxygens (including phenoxy) is 2. The van der Waals surface area contributed by atoms with Crippen LogP contribution in [0.4, 0.5) is 0 Å². The van der Waals surface area contributed by atoms with Crippen LogP contribution in [-0.2, 0) is 0 Å². The van der Waals surface area contributed by atoms with Crippen molar-refractivity contribution in [2.75, 3.05) is 6.79 Å². The van der Waals surface area contributed by atoms with E-state index in [0.717, 1.165) is 33.4 Å². The lowest BCUT2D eigenvalue weighted by atomic mass is 10.0. The summed E-state index contributed by atoms with van der Waals surface area (Å²) in [7, 11) is 0. The third-order valence-corrected chi connectivity index (χ3v) is 4.36. The van der Waals surface area contributed by atoms with Crippen molar-refractivity contribution in [1.82, 2.24) is 0 Å². The molecule has 3 aromatic rings. The smallest absolute Gasteiger partial charge is 0.231 e. The molecule has 0 spiro atoms. The van der Waals surface area contributed by atoms with Gasteiger partial charge in [-0.05, 0) is 24.3 Å². The zero-order chi connectivity index (χ0) is 18.1. The van der Waals surface area contributed by atoms with E-state index < -0.39 is 0 Å². The Morgan fingerprint density at radius 3 is 1.19 bits per heavy atom. The number of fused-ring (bicyclic) bond motifs is 4. The van der Waals surface area contributed by atoms with E-state index in [2.05, 4.69) is 35.5 Å². The van der Waals surface area contributed by atoms with Gasteiger partial charge in [0.25, 0.3) is 0 Å². The first-order valence-electron chi connectivity index (χ1n) is 8.54. The van der Waals surface area contributed by atoms with Crippen molar-refractivity contribution in [3.05, 3.63) is 94.0 Å². The summed E-state index contributed by atoms with van der Waals surface area (Å²) in [5.74, 6) is 20.8. The average molecular weight is 344 g/mol. The SMILES string of the molecule is C1#Cc2ccccc2C#Cc2cc3c(cc2C#Cc2ccccc21)OCO3. The maximum atomic E-state index is 5.50. The van der Waals surface area contributed by atoms with Crippen molar-refractivity contribution in [3.63, 3.8) is 0 Å². The van der Waals surface area contributed by atoms with E-state index in [1.54, 1.807) is 0 Å². The molecule has 1 aliphatic heterocycles. The lowest BCUT2D eigenvalue weighted by Crippen LogP contribution is -1.92. The Labute approximate surface area is 157 Å². The standard InChI is InChI=1S/C25H12O2/c1-3-7-20-11-13-22-15-24-25(27-17-26-24)16-23(22)14-12-21-8-4-2-6-19(21)10-9-18(20)5-1/h1-8,15-16H,17H2. The molecule has 0 bridgehead atoms. The molecule has 2 nitrogen and oxygen atoms in total. The highest BCUT2D eigenvalue weighted by Crippen LogP contribution is 2.34. The van der Waals surface area contributed by atoms with Crippen LogP contribution in [0.3, 0.4) is 0 Å². The minimum atomic E-state index is 0.221. The topological polar surface area (TPSA) is 18.5 Å². The van der Waals surface area contributed by atoms with Gasteiger partial charge < -0.3 is 9.47 Å². The second-order valence-electron chi connectivity index (χ2n) is 6.09. The quantitative estimate of drug-likeness (QED) is 0.450. The van der Waals surface area contributed by atoms with Crippen molar-refractivity contribution >= 4 is 0 Å². The van der Waals surface area contributed by atoms with Crippen LogP contribution in [0, 0.1) is 35.5 Å². The van der Waals surface area contributed by atoms with Crippen molar-refractivity contribution < 1.29 is 9.47 Å². The minimum absolute atomic E-state index is 0.221. The summed E-state index contributed by atoms with van der Waals surface area (Å²) in [6.45, 7) is 0.221. The van der Waals surface area contributed by atoms with Crippen molar-refractivity contribution in [3.8, 4) is 47.0 Å². The molecule has 2 heteroatoms. The zero-order valence-corrected chi connectivity index (χ0v) is 14.3. The molecule has 27 heavy (non-hydrogen) atoms. The van der Waals surface area contributed by atoms with Gasteiger partial charge >= 0.3 is 0 Å². The van der Waals surface area contributed by atoms with E-state index in [1.807, 2.05) is 60.7 Å². The molecule has 5 rings (SSSR count). The van der Waals surface area contributed by atoms with E-state index in [1.165, 1.54) is 0 Å². The molecule has 2 aliphatic rings. The third-order valence-electron chi connectivity index (χ3n) is 4.36. The van der Waals surface area contributed by atoms with E-state index in [0.29, 0.717) is 11.5 Å². The Kier molecular flexibility index (Phi) is 3.58. The highest BCUT2D eigenvalue weighted by atomic mass is 16.7. The van der Waals surface area contributed by atoms with Gasteiger partial charge in [-0.15, -0.1) is 0 Å². The average Bonchev–Trinajstić information content (AvgIpc) is 3.16. The molecule has 124 valence electrons. The fraction of sp³-hybridized carbons (Fsp3) is 0.0400. The van der Waals surface area contributed by atoms with Crippen LogP contribution in [0.15, 0.2) is 60.7 Å². The van der Waals surface area contributed by atoms with Crippen LogP contribution in [-0.4, -0.2) is 6.79 Å². The molecular formula is C25H12O2. The second-order valence-corrected chi connectivity index (χ2v) is 6.09. The van der Waals surface area contributed by atoms with Gasteiger partial charge in [0, 0.05) is 45.5 Å². The molecule has 0 fully saturated rings. The van der Waals surface area contributed by atoms with Gasteiger partial charge in [-0.2, -0.15) is 0 Å². The van der Waals surface area contributed by atoms with Crippen LogP contribution < -0.4 is 9.47 Å². The molecule has 1 heterocycles. The summed E-state index contributed by atoms with van der Waals surface area (Å²) < 4.78 is 11.0. The predicted molar refractivity (Wildman–Crippen MR) is 103 cm³/mol. The summed E-state index contributed by atoms with van der Waals surface area (Å²) in [6.07, 6.45) is 0. The normalized spacial score (nSPS) is 12.1. The fourth-order valence-corrected chi connectivity index (χ4v) is 2.96. The molecule has 1 aliphatic carbocycles. The number of hydrogen-bond donors (Lipinski definition) is 0. The van der Waals surface area contributed by atoms with Gasteiger partial charge in [0.1, 0.15) is 0 Å². The Balaban J connectivity index is 1.80. The van der Waals surface area contributed by atoms with Crippen molar-refractivity contribution in [2.24, 2.45) is 0 Å². The van der Waals surface area contributed by atoms with Gasteiger partial charge in [0.05, 0.1) is 0 Å². The van der Waals surface area contributed by atoms with E-state index >= 15 is 0 Å². The first-order valence-corrected chi connectivity index (χ1v) is 8.54. The third kappa shape index (κ3) is 2.89. The number of hydrogen-bond acceptors (Lipinski definition) is 2. The largest absolute Gasteiger partial charge is 0.454 e. The van der Waals surface area contributed by atoms with Crippen LogP contribution in [0.5, 0.6) is 11.5 Å². The van der Waals surface area contributed by atoms with E-state index in [4.69, 9.17) is 9.47 Å². The first-order chi connectivity index (χ1) is 13.4. The molecule has 0 radical (unpaired) electrons. The van der Waals surface area contributed by atoms with Gasteiger partial charge in [0.2, 0.25) is 6.79 Å². The Hall–Kier alpha value is -4.06. The molecule has 0 aromatic heterocycles. The lowest BCUT2D eigenvalue weighted by molar-refractivity contribution is 0.174. The second kappa shape index (κ2) is 6.34. The summed E-state index contributed by atoms with van der Waals surface area (Å²) in [6, 6.07) is 19.6. The maximum Gasteiger partial charge on any atom is 0.231 e. The van der Waals surface area contributed by atoms with Crippen LogP contribution in [0.1, 0.15) is 33.4 Å². The monoisotopic (exact) mass is 344 g/mol. The Morgan fingerprint density at radius 1 is 0.481 bits per heavy atom. The van der Waals surface area contributed by atoms with Crippen molar-refractivity contribution in [2.45, 2.75) is 0 Å². The minimum Gasteiger partial charge on any atom is -0.454 e. The highest BCUT2D eigenvalue weighted by Gasteiger charge is 2.16. The Bertz CT molecular complexity index is 1170. The summed E-state index contributed by atoms with van der Waals surface area (Å²) in [5, 5.41) is 0. The van der Waals surface area contributed by atoms with Gasteiger partial charge in [-0.25, -0.2) is 0 Å². The van der Waals surface area contributed by atoms with Crippen LogP contribution >= 0.6 is 0 Å². The van der Waals surface area contributed by atoms with Gasteiger partial charge in [0.15, 0.2) is 11.5 Å². The van der Waals surface area contributed by atoms with Gasteiger partial charge in [-0.3, -0.25) is 0 Å². The maximum absolute atomic E-state index is 5.50. The molecule has 0 N–H and O–H groups in total. The summed E-state index contributed by atoms with van der Waals surface area (Å²) in [5.41, 5.74) is 5.20. The lowest BCUT2D eigenvalue weighted by Gasteiger charge is -2.02. The van der Waals surface area contributed by atoms with E-state index in [-0.39, 0.29) is 6.79 Å². The molecule has 3 aromatic carbocycles. The Morgan fingerprint density at radius 2 is 0.815 bits per heavy atom. The predicted octanol–water partition coefficient (Wildman–Crippen LogP) is 3.93. The first kappa shape index (κ1) is 15.2. The summed E-state index contributed by atoms with van der Waals surface area (Å²) in [4.78, 5) is 0. The molecule has 0 saturated heterocycles. The van der Waals surface area contributed by atoms with Gasteiger partial charge in [-0.1, -0.05) is 59.8 Å². The molecule has 0 unspecified atom stereocenters. The zero-order valence-electron chi connectivity index (χ0n) is 14.3. The fourth-order valence-electron chi connectivity index (χ4n) is 2.96. The highest BCUT2D eigenvalue weighted by molar-refractivity contribution is 5.64. The van der Waals surface area contributed by atoms with Crippen LogP contribution in [0.2, 0.25) is 0 Å². The molecule has 0 amide bonds. The number of rotatable bonds is 0. The van der Waals surface area contributed by atoms with E-state index in [9.17, 15) is 0 Å². The number of benzene rings is 3. The molecule has 0 atom stereocenters. The summed E-state index contributed by atoms with van der Waals surface area (Å²) >= 11 is 0. The molecular weight excluding hydrogens is 332 g/mol. The van der Waals surface area contributed by atoms with Crippen LogP contribution in [0.25, 0.3) is 0 Å². The van der Waals surface area contributed by atoms with Crippen molar-refractivity contribution in [1.29, 1.82) is 0 Å². The molecule has 0 saturated carbocycles.